The maximum Gasteiger partial charge on any atom is 0.256 e. The van der Waals surface area contributed by atoms with Crippen LogP contribution in [0.15, 0.2) is 60.7 Å². The van der Waals surface area contributed by atoms with Crippen LogP contribution in [0.1, 0.15) is 87.2 Å². The number of rotatable bonds is 7. The molecule has 296 valence electrons. The second-order valence-corrected chi connectivity index (χ2v) is 16.4. The van der Waals surface area contributed by atoms with Crippen LogP contribution in [0, 0.1) is 44.1 Å². The summed E-state index contributed by atoms with van der Waals surface area (Å²) in [5.74, 6) is 6.76. The number of aromatic nitrogens is 2. The summed E-state index contributed by atoms with van der Waals surface area (Å²) in [6.45, 7) is 16.8. The summed E-state index contributed by atoms with van der Waals surface area (Å²) >= 11 is 6.31. The van der Waals surface area contributed by atoms with Gasteiger partial charge in [0.25, 0.3) is 11.8 Å². The van der Waals surface area contributed by atoms with Gasteiger partial charge in [-0.2, -0.15) is 5.10 Å². The molecule has 1 unspecified atom stereocenters. The van der Waals surface area contributed by atoms with Gasteiger partial charge in [0.1, 0.15) is 6.04 Å². The van der Waals surface area contributed by atoms with Crippen LogP contribution in [0.25, 0.3) is 16.1 Å². The number of hydrogen-bond acceptors (Lipinski definition) is 6. The molecule has 1 aromatic heterocycles. The molecule has 4 aliphatic rings. The number of halogens is 1. The first kappa shape index (κ1) is 39.1. The number of benzene rings is 3. The van der Waals surface area contributed by atoms with Gasteiger partial charge in [0, 0.05) is 65.9 Å². The summed E-state index contributed by atoms with van der Waals surface area (Å²) in [4.78, 5) is 60.6. The number of fused-ring (bicyclic) bond motifs is 1. The first-order chi connectivity index (χ1) is 28.1. The maximum absolute atomic E-state index is 13.5. The lowest BCUT2D eigenvalue weighted by Gasteiger charge is -2.37. The number of carbonyl (C=O) groups is 4. The highest BCUT2D eigenvalue weighted by molar-refractivity contribution is 6.33. The molecule has 4 amide bonds. The number of carbonyl (C=O) groups excluding carboxylic acids is 4. The first-order valence-corrected chi connectivity index (χ1v) is 20.5. The Balaban J connectivity index is 0.795. The molecule has 3 saturated heterocycles. The molecule has 0 saturated carbocycles. The van der Waals surface area contributed by atoms with Crippen molar-refractivity contribution >= 4 is 40.9 Å². The fourth-order valence-electron chi connectivity index (χ4n) is 8.76. The Morgan fingerprint density at radius 1 is 0.966 bits per heavy atom. The fourth-order valence-corrected chi connectivity index (χ4v) is 8.98. The lowest BCUT2D eigenvalue weighted by molar-refractivity contribution is -0.136. The van der Waals surface area contributed by atoms with Gasteiger partial charge < -0.3 is 14.7 Å². The molecule has 3 aromatic carbocycles. The second kappa shape index (κ2) is 16.6. The molecule has 11 nitrogen and oxygen atoms in total. The van der Waals surface area contributed by atoms with E-state index < -0.39 is 11.9 Å². The fraction of sp³-hybridized carbons (Fsp3) is 0.391. The molecule has 0 radical (unpaired) electrons. The zero-order chi connectivity index (χ0) is 40.5. The van der Waals surface area contributed by atoms with E-state index in [4.69, 9.17) is 23.3 Å². The molecule has 8 rings (SSSR count). The van der Waals surface area contributed by atoms with Gasteiger partial charge in [0.2, 0.25) is 17.5 Å². The standard InChI is InChI=1S/C46H46ClN7O4/c1-29-30(2)54(50-43(29)36-13-14-39(48-3)38(47)25-36)27-32-8-11-35(12-9-32)45(57)52-23-19-33(20-24-52)26-51-21-17-31(18-22-51)7-10-34-5-4-6-37-28-53(46(58)42(34)37)40-15-16-41(55)49-44(40)56/h4-6,8-9,11-14,25,31,33,40H,15-24,26-28H2,1-2H3,(H,49,55,56). The average molecular weight is 796 g/mol. The SMILES string of the molecule is [C-]#[N+]c1ccc(-c2nn(Cc3ccc(C(=O)N4CCC(CN5CCC(C#Cc6cccc7c6C(=O)N(C6CCC(=O)NC6=O)C7)CC5)CC4)cc3)c(C)c2C)cc1Cl. The van der Waals surface area contributed by atoms with Gasteiger partial charge in [0.05, 0.1) is 24.4 Å². The van der Waals surface area contributed by atoms with E-state index >= 15 is 0 Å². The molecule has 5 heterocycles. The third-order valence-corrected chi connectivity index (χ3v) is 12.7. The molecule has 3 fully saturated rings. The second-order valence-electron chi connectivity index (χ2n) is 16.0. The summed E-state index contributed by atoms with van der Waals surface area (Å²) in [6, 6.07) is 18.4. The van der Waals surface area contributed by atoms with Crippen molar-refractivity contribution in [3.8, 4) is 23.1 Å². The Hall–Kier alpha value is -5.75. The molecule has 0 aliphatic carbocycles. The van der Waals surface area contributed by atoms with Gasteiger partial charge in [-0.25, -0.2) is 4.85 Å². The quantitative estimate of drug-likeness (QED) is 0.125. The van der Waals surface area contributed by atoms with Crippen LogP contribution >= 0.6 is 11.6 Å². The Bertz CT molecular complexity index is 2390. The minimum atomic E-state index is -0.637. The molecular weight excluding hydrogens is 750 g/mol. The van der Waals surface area contributed by atoms with E-state index in [1.54, 1.807) is 17.0 Å². The highest BCUT2D eigenvalue weighted by atomic mass is 35.5. The van der Waals surface area contributed by atoms with Gasteiger partial charge in [-0.15, -0.1) is 0 Å². The predicted octanol–water partition coefficient (Wildman–Crippen LogP) is 6.80. The highest BCUT2D eigenvalue weighted by Crippen LogP contribution is 2.33. The molecular formula is C46H46ClN7O4. The van der Waals surface area contributed by atoms with Crippen molar-refractivity contribution in [1.82, 2.24) is 29.8 Å². The van der Waals surface area contributed by atoms with Crippen LogP contribution in [0.3, 0.4) is 0 Å². The number of imide groups is 1. The molecule has 0 spiro atoms. The van der Waals surface area contributed by atoms with Crippen molar-refractivity contribution in [2.75, 3.05) is 32.7 Å². The normalized spacial score (nSPS) is 19.1. The summed E-state index contributed by atoms with van der Waals surface area (Å²) < 4.78 is 1.97. The Labute approximate surface area is 344 Å². The van der Waals surface area contributed by atoms with Crippen LogP contribution in [-0.4, -0.2) is 86.9 Å². The van der Waals surface area contributed by atoms with E-state index in [1.807, 2.05) is 72.0 Å². The van der Waals surface area contributed by atoms with Crippen LogP contribution in [0.4, 0.5) is 5.69 Å². The Morgan fingerprint density at radius 2 is 1.72 bits per heavy atom. The molecule has 1 N–H and O–H groups in total. The molecule has 4 aliphatic heterocycles. The van der Waals surface area contributed by atoms with Crippen LogP contribution in [-0.2, 0) is 22.7 Å². The van der Waals surface area contributed by atoms with Crippen LogP contribution in [0.2, 0.25) is 5.02 Å². The molecule has 1 atom stereocenters. The van der Waals surface area contributed by atoms with E-state index in [9.17, 15) is 19.2 Å². The number of amides is 4. The minimum Gasteiger partial charge on any atom is -0.339 e. The van der Waals surface area contributed by atoms with Gasteiger partial charge in [-0.1, -0.05) is 59.8 Å². The summed E-state index contributed by atoms with van der Waals surface area (Å²) in [5.41, 5.74) is 8.17. The van der Waals surface area contributed by atoms with Crippen LogP contribution < -0.4 is 5.32 Å². The number of piperidine rings is 3. The Morgan fingerprint density at radius 3 is 2.43 bits per heavy atom. The molecule has 4 aromatic rings. The number of likely N-dealkylation sites (tertiary alicyclic amines) is 2. The van der Waals surface area contributed by atoms with E-state index in [-0.39, 0.29) is 30.1 Å². The third-order valence-electron chi connectivity index (χ3n) is 12.3. The maximum atomic E-state index is 13.5. The topological polar surface area (TPSA) is 112 Å². The number of nitrogens with zero attached hydrogens (tertiary/aromatic N) is 6. The van der Waals surface area contributed by atoms with E-state index in [1.165, 1.54) is 0 Å². The summed E-state index contributed by atoms with van der Waals surface area (Å²) in [6.07, 6.45) is 4.48. The van der Waals surface area contributed by atoms with Gasteiger partial charge in [-0.3, -0.25) is 29.2 Å². The van der Waals surface area contributed by atoms with Crippen molar-refractivity contribution in [3.05, 3.63) is 116 Å². The van der Waals surface area contributed by atoms with E-state index in [0.717, 1.165) is 92.0 Å². The summed E-state index contributed by atoms with van der Waals surface area (Å²) in [5, 5.41) is 7.66. The predicted molar refractivity (Wildman–Crippen MR) is 221 cm³/mol. The van der Waals surface area contributed by atoms with Gasteiger partial charge in [0.15, 0.2) is 0 Å². The van der Waals surface area contributed by atoms with E-state index in [0.29, 0.717) is 52.8 Å². The molecule has 58 heavy (non-hydrogen) atoms. The Kier molecular flexibility index (Phi) is 11.2. The lowest BCUT2D eigenvalue weighted by Crippen LogP contribution is -2.52. The zero-order valence-corrected chi connectivity index (χ0v) is 33.6. The zero-order valence-electron chi connectivity index (χ0n) is 32.9. The summed E-state index contributed by atoms with van der Waals surface area (Å²) in [7, 11) is 0. The number of hydrogen-bond donors (Lipinski definition) is 1. The monoisotopic (exact) mass is 795 g/mol. The van der Waals surface area contributed by atoms with Crippen molar-refractivity contribution in [1.29, 1.82) is 0 Å². The average Bonchev–Trinajstić information content (AvgIpc) is 3.72. The van der Waals surface area contributed by atoms with Gasteiger partial charge in [-0.05, 0) is 106 Å². The smallest absolute Gasteiger partial charge is 0.256 e. The minimum absolute atomic E-state index is 0.0759. The van der Waals surface area contributed by atoms with Crippen LogP contribution in [0.5, 0.6) is 0 Å². The van der Waals surface area contributed by atoms with Crippen molar-refractivity contribution < 1.29 is 19.2 Å². The van der Waals surface area contributed by atoms with Crippen molar-refractivity contribution in [2.24, 2.45) is 11.8 Å². The lowest BCUT2D eigenvalue weighted by atomic mass is 9.92. The van der Waals surface area contributed by atoms with Gasteiger partial charge >= 0.3 is 0 Å². The van der Waals surface area contributed by atoms with Crippen molar-refractivity contribution in [2.45, 2.75) is 71.5 Å². The highest BCUT2D eigenvalue weighted by Gasteiger charge is 2.40. The number of nitrogens with one attached hydrogen (secondary N) is 1. The first-order valence-electron chi connectivity index (χ1n) is 20.2. The largest absolute Gasteiger partial charge is 0.339 e. The molecule has 0 bridgehead atoms. The van der Waals surface area contributed by atoms with Crippen molar-refractivity contribution in [3.63, 3.8) is 0 Å². The van der Waals surface area contributed by atoms with E-state index in [2.05, 4.69) is 26.9 Å². The third kappa shape index (κ3) is 8.02. The molecule has 12 heteroatoms.